The van der Waals surface area contributed by atoms with Crippen LogP contribution in [0.3, 0.4) is 0 Å². The van der Waals surface area contributed by atoms with Crippen molar-refractivity contribution >= 4 is 5.91 Å². The summed E-state index contributed by atoms with van der Waals surface area (Å²) < 4.78 is 1.97. The zero-order chi connectivity index (χ0) is 13.9. The van der Waals surface area contributed by atoms with Gasteiger partial charge >= 0.3 is 0 Å². The highest BCUT2D eigenvalue weighted by Crippen LogP contribution is 2.26. The molecule has 6 heteroatoms. The number of aromatic nitrogens is 3. The molecule has 0 spiro atoms. The zero-order valence-corrected chi connectivity index (χ0v) is 12.1. The minimum atomic E-state index is 0.169. The molecule has 0 aliphatic carbocycles. The molecule has 1 amide bonds. The smallest absolute Gasteiger partial charge is 0.226 e. The molecule has 1 N–H and O–H groups in total. The Morgan fingerprint density at radius 2 is 2.30 bits per heavy atom. The summed E-state index contributed by atoms with van der Waals surface area (Å²) in [5.74, 6) is 1.83. The summed E-state index contributed by atoms with van der Waals surface area (Å²) >= 11 is 0. The molecule has 2 atom stereocenters. The van der Waals surface area contributed by atoms with Gasteiger partial charge in [-0.05, 0) is 32.2 Å². The highest BCUT2D eigenvalue weighted by atomic mass is 16.2. The van der Waals surface area contributed by atoms with E-state index in [2.05, 4.69) is 15.5 Å². The van der Waals surface area contributed by atoms with Gasteiger partial charge in [0.15, 0.2) is 0 Å². The molecule has 0 aromatic carbocycles. The number of rotatable bonds is 2. The molecule has 2 unspecified atom stereocenters. The molecule has 2 fully saturated rings. The van der Waals surface area contributed by atoms with Gasteiger partial charge in [0.05, 0.1) is 5.92 Å². The first-order chi connectivity index (χ1) is 9.75. The lowest BCUT2D eigenvalue weighted by molar-refractivity contribution is -0.137. The number of aryl methyl sites for hydroxylation is 1. The largest absolute Gasteiger partial charge is 0.342 e. The molecule has 110 valence electrons. The Kier molecular flexibility index (Phi) is 4.00. The van der Waals surface area contributed by atoms with Crippen molar-refractivity contribution in [2.24, 2.45) is 13.0 Å². The van der Waals surface area contributed by atoms with Crippen LogP contribution in [0.4, 0.5) is 0 Å². The van der Waals surface area contributed by atoms with Gasteiger partial charge in [-0.3, -0.25) is 4.79 Å². The number of nitrogens with one attached hydrogen (secondary N) is 1. The molecule has 3 heterocycles. The molecule has 2 saturated heterocycles. The van der Waals surface area contributed by atoms with Crippen molar-refractivity contribution in [3.63, 3.8) is 0 Å². The van der Waals surface area contributed by atoms with Crippen molar-refractivity contribution in [3.8, 4) is 0 Å². The second-order valence-corrected chi connectivity index (χ2v) is 5.97. The van der Waals surface area contributed by atoms with Gasteiger partial charge in [0, 0.05) is 32.6 Å². The van der Waals surface area contributed by atoms with E-state index in [1.807, 2.05) is 16.5 Å². The fourth-order valence-corrected chi connectivity index (χ4v) is 3.37. The van der Waals surface area contributed by atoms with Gasteiger partial charge in [-0.15, -0.1) is 10.2 Å². The molecular weight excluding hydrogens is 254 g/mol. The molecule has 1 aromatic rings. The van der Waals surface area contributed by atoms with Gasteiger partial charge in [-0.2, -0.15) is 0 Å². The van der Waals surface area contributed by atoms with Crippen molar-refractivity contribution in [3.05, 3.63) is 12.2 Å². The van der Waals surface area contributed by atoms with Crippen molar-refractivity contribution in [1.29, 1.82) is 0 Å². The quantitative estimate of drug-likeness (QED) is 0.856. The molecule has 2 aliphatic rings. The molecule has 2 aliphatic heterocycles. The Hall–Kier alpha value is -1.43. The van der Waals surface area contributed by atoms with E-state index in [0.29, 0.717) is 11.8 Å². The van der Waals surface area contributed by atoms with Crippen LogP contribution in [0, 0.1) is 5.92 Å². The van der Waals surface area contributed by atoms with Crippen molar-refractivity contribution < 1.29 is 4.79 Å². The zero-order valence-electron chi connectivity index (χ0n) is 12.1. The Morgan fingerprint density at radius 1 is 1.40 bits per heavy atom. The molecule has 20 heavy (non-hydrogen) atoms. The van der Waals surface area contributed by atoms with Crippen LogP contribution in [0.2, 0.25) is 0 Å². The Morgan fingerprint density at radius 3 is 3.00 bits per heavy atom. The molecule has 0 radical (unpaired) electrons. The van der Waals surface area contributed by atoms with Crippen LogP contribution in [-0.4, -0.2) is 51.8 Å². The second kappa shape index (κ2) is 5.91. The van der Waals surface area contributed by atoms with E-state index in [1.54, 1.807) is 6.33 Å². The Bertz CT molecular complexity index is 466. The van der Waals surface area contributed by atoms with Crippen LogP contribution in [0.15, 0.2) is 6.33 Å². The molecule has 0 bridgehead atoms. The minimum absolute atomic E-state index is 0.169. The van der Waals surface area contributed by atoms with Gasteiger partial charge in [-0.1, -0.05) is 0 Å². The number of likely N-dealkylation sites (tertiary alicyclic amines) is 1. The van der Waals surface area contributed by atoms with E-state index in [-0.39, 0.29) is 5.92 Å². The summed E-state index contributed by atoms with van der Waals surface area (Å²) in [4.78, 5) is 14.6. The first-order valence-electron chi connectivity index (χ1n) is 7.59. The van der Waals surface area contributed by atoms with Crippen molar-refractivity contribution in [2.45, 2.75) is 31.6 Å². The summed E-state index contributed by atoms with van der Waals surface area (Å²) in [6.07, 6.45) is 6.03. The van der Waals surface area contributed by atoms with Gasteiger partial charge in [0.1, 0.15) is 12.2 Å². The third-order valence-corrected chi connectivity index (χ3v) is 4.49. The number of nitrogens with zero attached hydrogens (tertiary/aromatic N) is 4. The van der Waals surface area contributed by atoms with E-state index in [0.717, 1.165) is 57.7 Å². The molecule has 0 saturated carbocycles. The number of carbonyl (C=O) groups is 1. The maximum atomic E-state index is 12.6. The standard InChI is InChI=1S/C14H23N5O/c1-18-10-16-17-13(18)12-5-3-7-19(9-12)14(20)11-4-2-6-15-8-11/h10-12,15H,2-9H2,1H3. The fourth-order valence-electron chi connectivity index (χ4n) is 3.37. The third kappa shape index (κ3) is 2.70. The maximum Gasteiger partial charge on any atom is 0.226 e. The van der Waals surface area contributed by atoms with Crippen LogP contribution in [0.1, 0.15) is 37.4 Å². The lowest BCUT2D eigenvalue weighted by Crippen LogP contribution is -2.46. The Balaban J connectivity index is 1.65. The molecular formula is C14H23N5O. The van der Waals surface area contributed by atoms with Gasteiger partial charge in [0.25, 0.3) is 0 Å². The van der Waals surface area contributed by atoms with E-state index in [1.165, 1.54) is 0 Å². The van der Waals surface area contributed by atoms with E-state index >= 15 is 0 Å². The van der Waals surface area contributed by atoms with Gasteiger partial charge < -0.3 is 14.8 Å². The fraction of sp³-hybridized carbons (Fsp3) is 0.786. The highest BCUT2D eigenvalue weighted by molar-refractivity contribution is 5.79. The first-order valence-corrected chi connectivity index (χ1v) is 7.59. The average Bonchev–Trinajstić information content (AvgIpc) is 2.94. The van der Waals surface area contributed by atoms with E-state index in [4.69, 9.17) is 0 Å². The molecule has 6 nitrogen and oxygen atoms in total. The predicted octanol–water partition coefficient (Wildman–Crippen LogP) is 0.521. The first kappa shape index (κ1) is 13.5. The summed E-state index contributed by atoms with van der Waals surface area (Å²) in [5, 5.41) is 11.5. The summed E-state index contributed by atoms with van der Waals surface area (Å²) in [5.41, 5.74) is 0. The van der Waals surface area contributed by atoms with Crippen LogP contribution in [-0.2, 0) is 11.8 Å². The number of carbonyl (C=O) groups excluding carboxylic acids is 1. The highest BCUT2D eigenvalue weighted by Gasteiger charge is 2.31. The van der Waals surface area contributed by atoms with Gasteiger partial charge in [-0.25, -0.2) is 0 Å². The van der Waals surface area contributed by atoms with Gasteiger partial charge in [0.2, 0.25) is 5.91 Å². The summed E-state index contributed by atoms with van der Waals surface area (Å²) in [6, 6.07) is 0. The number of hydrogen-bond acceptors (Lipinski definition) is 4. The Labute approximate surface area is 119 Å². The monoisotopic (exact) mass is 277 g/mol. The van der Waals surface area contributed by atoms with Crippen LogP contribution >= 0.6 is 0 Å². The second-order valence-electron chi connectivity index (χ2n) is 5.97. The normalized spacial score (nSPS) is 27.6. The van der Waals surface area contributed by atoms with Crippen LogP contribution in [0.25, 0.3) is 0 Å². The van der Waals surface area contributed by atoms with Crippen LogP contribution < -0.4 is 5.32 Å². The van der Waals surface area contributed by atoms with Crippen LogP contribution in [0.5, 0.6) is 0 Å². The lowest BCUT2D eigenvalue weighted by atomic mass is 9.93. The molecule has 3 rings (SSSR count). The predicted molar refractivity (Wildman–Crippen MR) is 75.2 cm³/mol. The SMILES string of the molecule is Cn1cnnc1C1CCCN(C(=O)C2CCCNC2)C1. The summed E-state index contributed by atoms with van der Waals surface area (Å²) in [6.45, 7) is 3.57. The number of hydrogen-bond donors (Lipinski definition) is 1. The maximum absolute atomic E-state index is 12.6. The van der Waals surface area contributed by atoms with E-state index < -0.39 is 0 Å². The number of amides is 1. The minimum Gasteiger partial charge on any atom is -0.342 e. The summed E-state index contributed by atoms with van der Waals surface area (Å²) in [7, 11) is 1.97. The van der Waals surface area contributed by atoms with E-state index in [9.17, 15) is 4.79 Å². The topological polar surface area (TPSA) is 63.1 Å². The average molecular weight is 277 g/mol. The third-order valence-electron chi connectivity index (χ3n) is 4.49. The lowest BCUT2D eigenvalue weighted by Gasteiger charge is -2.35. The number of piperidine rings is 2. The van der Waals surface area contributed by atoms with Crippen molar-refractivity contribution in [1.82, 2.24) is 25.0 Å². The molecule has 1 aromatic heterocycles. The van der Waals surface area contributed by atoms with Crippen molar-refractivity contribution in [2.75, 3.05) is 26.2 Å².